The van der Waals surface area contributed by atoms with E-state index in [4.69, 9.17) is 36.0 Å². The quantitative estimate of drug-likeness (QED) is 0.0277. The number of hydrogen-bond donors (Lipinski definition) is 5. The number of fused-ring (bicyclic) bond motifs is 2. The molecule has 0 unspecified atom stereocenters. The molecule has 576 valence electrons. The highest BCUT2D eigenvalue weighted by Gasteiger charge is 2.27. The van der Waals surface area contributed by atoms with Gasteiger partial charge in [0.25, 0.3) is 0 Å². The van der Waals surface area contributed by atoms with E-state index in [-0.39, 0.29) is 36.2 Å². The molecule has 4 aliphatic rings. The summed E-state index contributed by atoms with van der Waals surface area (Å²) < 4.78 is 15.2. The molecule has 2 amide bonds. The van der Waals surface area contributed by atoms with Gasteiger partial charge in [-0.15, -0.1) is 0 Å². The number of nitrogens with one attached hydrogen (secondary N) is 5. The van der Waals surface area contributed by atoms with Crippen LogP contribution in [0, 0.1) is 13.8 Å². The highest BCUT2D eigenvalue weighted by atomic mass is 35.5. The standard InChI is InChI=1S/C28H36N6.C28H31N5O2.C12H13NO2.C8H7ClO2.C7H10N2O.C4H7N/c1-6-25-29-19(2)23(30-25)18-33-14-16-34(17-15-33)24-9-7-8-22-26(24)32-27(31-22)20-10-12-21(13-11-20)28(3,4)5;1-28(2,3)22-11-9-21(10-12-22)26-30-23-17-29-18-24(25(23)31-26)32-13-15-33(16-14-32)27(34)35-19-20-7-5-4-6-8-20;14-12(13-8-4-5-9-13)15-10-11-6-2-1-3-7-11;9-8(10)11-6-7-4-2-1-3-5-7;1-3-7-8-5(2)6(4-10)9-7;1-2-4-5-3-1/h7-13H,6,14-18H2,1-5H3,(H,29,30)(H,31,32);4-12,17-18H,13-16,19H2,1-3H3,(H,30,31);1-7H,8-10H2;1-5H,6H2;4H,3H2,1-2H3,(H,8,9);1-2,5H,3-4H2. The van der Waals surface area contributed by atoms with Gasteiger partial charge in [0.2, 0.25) is 0 Å². The van der Waals surface area contributed by atoms with Gasteiger partial charge < -0.3 is 59.1 Å². The molecule has 0 saturated carbocycles. The number of benzene rings is 6. The molecular weight excluding hydrogens is 1400 g/mol. The van der Waals surface area contributed by atoms with Crippen molar-refractivity contribution in [1.82, 2.24) is 64.9 Å². The fourth-order valence-corrected chi connectivity index (χ4v) is 12.6. The fraction of sp³-hybridized carbons (Fsp3) is 0.345. The Morgan fingerprint density at radius 3 is 1.40 bits per heavy atom. The number of amides is 2. The largest absolute Gasteiger partial charge is 0.449 e. The number of para-hydroxylation sites is 1. The van der Waals surface area contributed by atoms with Gasteiger partial charge in [-0.2, -0.15) is 0 Å². The summed E-state index contributed by atoms with van der Waals surface area (Å²) in [5.74, 6) is 3.72. The second-order valence-corrected chi connectivity index (χ2v) is 29.5. The third-order valence-corrected chi connectivity index (χ3v) is 19.1. The second kappa shape index (κ2) is 39.8. The SMILES string of the molecule is C1=CCNC1.CC(C)(C)c1ccc(-c2nc3c(N4CCN(C(=O)OCc5ccccc5)CC4)cncc3[nH]2)cc1.CCc1nc(C=O)c(C)[nH]1.CCc1nc(CN2CCN(c3cccc4[nH]c(-c5ccc(C(C)(C)C)cc5)nc34)CC2)c(C)[nH]1.O=C(Cl)OCc1ccccc1.O=C(OCc1ccccc1)N1CC=CC1. The first-order chi connectivity index (χ1) is 53.1. The average Bonchev–Trinajstić information content (AvgIpc) is 1.63. The molecule has 2 fully saturated rings. The van der Waals surface area contributed by atoms with Gasteiger partial charge in [-0.25, -0.2) is 34.3 Å². The van der Waals surface area contributed by atoms with Crippen molar-refractivity contribution in [3.05, 3.63) is 257 Å². The summed E-state index contributed by atoms with van der Waals surface area (Å²) in [4.78, 5) is 91.6. The van der Waals surface area contributed by atoms with Crippen molar-refractivity contribution in [3.8, 4) is 22.8 Å². The number of aromatic amines is 4. The number of carbonyl (C=O) groups excluding carboxylic acids is 4. The van der Waals surface area contributed by atoms with Crippen molar-refractivity contribution in [2.75, 3.05) is 88.3 Å². The number of rotatable bonds is 15. The van der Waals surface area contributed by atoms with Crippen LogP contribution in [0.1, 0.15) is 122 Å². The monoisotopic (exact) mass is 1510 g/mol. The molecule has 0 atom stereocenters. The smallest absolute Gasteiger partial charge is 0.410 e. The Morgan fingerprint density at radius 1 is 0.482 bits per heavy atom. The summed E-state index contributed by atoms with van der Waals surface area (Å²) in [7, 11) is 0. The first-order valence-electron chi connectivity index (χ1n) is 37.7. The minimum absolute atomic E-state index is 0.111. The van der Waals surface area contributed by atoms with E-state index in [1.54, 1.807) is 9.80 Å². The third kappa shape index (κ3) is 23.7. The minimum atomic E-state index is -0.770. The lowest BCUT2D eigenvalue weighted by Gasteiger charge is -2.36. The highest BCUT2D eigenvalue weighted by molar-refractivity contribution is 6.61. The number of piperazine rings is 2. The zero-order valence-electron chi connectivity index (χ0n) is 65.0. The lowest BCUT2D eigenvalue weighted by molar-refractivity contribution is 0.0941. The van der Waals surface area contributed by atoms with E-state index < -0.39 is 5.43 Å². The van der Waals surface area contributed by atoms with Crippen LogP contribution in [0.15, 0.2) is 194 Å². The molecule has 15 rings (SSSR count). The molecule has 5 N–H and O–H groups in total. The van der Waals surface area contributed by atoms with E-state index in [1.165, 1.54) is 28.2 Å². The van der Waals surface area contributed by atoms with E-state index >= 15 is 0 Å². The van der Waals surface area contributed by atoms with Gasteiger partial charge >= 0.3 is 17.6 Å². The number of aryl methyl sites for hydroxylation is 4. The van der Waals surface area contributed by atoms with Gasteiger partial charge in [-0.05, 0) is 64.6 Å². The second-order valence-electron chi connectivity index (χ2n) is 29.2. The Hall–Kier alpha value is -11.2. The Kier molecular flexibility index (Phi) is 29.4. The number of pyridine rings is 1. The maximum absolute atomic E-state index is 12.5. The molecule has 23 heteroatoms. The normalized spacial score (nSPS) is 14.0. The van der Waals surface area contributed by atoms with Gasteiger partial charge in [-0.3, -0.25) is 14.7 Å². The lowest BCUT2D eigenvalue weighted by Crippen LogP contribution is -2.49. The summed E-state index contributed by atoms with van der Waals surface area (Å²) in [5, 5.41) is 3.11. The van der Waals surface area contributed by atoms with Crippen LogP contribution in [0.25, 0.3) is 44.8 Å². The average molecular weight is 1510 g/mol. The minimum Gasteiger partial charge on any atom is -0.449 e. The number of carbonyl (C=O) groups is 4. The van der Waals surface area contributed by atoms with E-state index in [2.05, 4.69) is 189 Å². The molecular formula is C87H104ClN15O7. The maximum atomic E-state index is 12.5. The predicted molar refractivity (Wildman–Crippen MR) is 439 cm³/mol. The number of aromatic nitrogens is 9. The van der Waals surface area contributed by atoms with Gasteiger partial charge in [0.05, 0.1) is 40.5 Å². The zero-order chi connectivity index (χ0) is 78.0. The number of ether oxygens (including phenoxy) is 3. The first-order valence-corrected chi connectivity index (χ1v) is 38.1. The summed E-state index contributed by atoms with van der Waals surface area (Å²) in [5.41, 5.74) is 17.1. The van der Waals surface area contributed by atoms with Crippen LogP contribution >= 0.6 is 11.6 Å². The molecule has 9 heterocycles. The van der Waals surface area contributed by atoms with Crippen LogP contribution < -0.4 is 15.1 Å². The predicted octanol–water partition coefficient (Wildman–Crippen LogP) is 16.8. The number of imidazole rings is 4. The summed E-state index contributed by atoms with van der Waals surface area (Å²) in [6.45, 7) is 33.3. The van der Waals surface area contributed by atoms with Crippen molar-refractivity contribution >= 4 is 68.9 Å². The number of halogens is 1. The fourth-order valence-electron chi connectivity index (χ4n) is 12.5. The summed E-state index contributed by atoms with van der Waals surface area (Å²) in [6.07, 6.45) is 13.9. The Balaban J connectivity index is 0.000000157. The Morgan fingerprint density at radius 2 is 0.945 bits per heavy atom. The van der Waals surface area contributed by atoms with Gasteiger partial charge in [0.15, 0.2) is 6.29 Å². The maximum Gasteiger partial charge on any atom is 0.410 e. The zero-order valence-corrected chi connectivity index (χ0v) is 65.7. The van der Waals surface area contributed by atoms with Gasteiger partial charge in [0, 0.05) is 132 Å². The molecule has 0 bridgehead atoms. The van der Waals surface area contributed by atoms with Crippen molar-refractivity contribution in [2.24, 2.45) is 0 Å². The van der Waals surface area contributed by atoms with Crippen molar-refractivity contribution in [1.29, 1.82) is 0 Å². The number of H-pyrrole nitrogens is 4. The van der Waals surface area contributed by atoms with Crippen LogP contribution in [0.4, 0.5) is 25.8 Å². The van der Waals surface area contributed by atoms with Crippen molar-refractivity contribution < 1.29 is 33.4 Å². The summed E-state index contributed by atoms with van der Waals surface area (Å²) in [6, 6.07) is 52.6. The van der Waals surface area contributed by atoms with E-state index in [0.29, 0.717) is 51.6 Å². The number of nitrogens with zero attached hydrogens (tertiary/aromatic N) is 10. The molecule has 11 aromatic rings. The molecule has 2 saturated heterocycles. The molecule has 0 spiro atoms. The Bertz CT molecular complexity index is 4760. The number of hydrogen-bond acceptors (Lipinski definition) is 16. The van der Waals surface area contributed by atoms with E-state index in [9.17, 15) is 19.2 Å². The highest BCUT2D eigenvalue weighted by Crippen LogP contribution is 2.33. The molecule has 4 aliphatic heterocycles. The molecule has 0 aliphatic carbocycles. The third-order valence-electron chi connectivity index (χ3n) is 19.0. The summed E-state index contributed by atoms with van der Waals surface area (Å²) >= 11 is 4.97. The number of anilines is 2. The van der Waals surface area contributed by atoms with Crippen LogP contribution in [-0.4, -0.2) is 162 Å². The van der Waals surface area contributed by atoms with Crippen molar-refractivity contribution in [2.45, 2.75) is 119 Å². The molecule has 6 aromatic carbocycles. The van der Waals surface area contributed by atoms with Gasteiger partial charge in [-0.1, -0.05) is 225 Å². The van der Waals surface area contributed by atoms with Crippen LogP contribution in [0.3, 0.4) is 0 Å². The van der Waals surface area contributed by atoms with Crippen LogP contribution in [0.5, 0.6) is 0 Å². The van der Waals surface area contributed by atoms with Crippen LogP contribution in [-0.2, 0) is 64.2 Å². The van der Waals surface area contributed by atoms with Gasteiger partial charge in [0.1, 0.15) is 59.8 Å². The number of aldehydes is 1. The topological polar surface area (TPSA) is 252 Å². The van der Waals surface area contributed by atoms with E-state index in [1.807, 2.05) is 129 Å². The molecule has 0 radical (unpaired) electrons. The van der Waals surface area contributed by atoms with E-state index in [0.717, 1.165) is 150 Å². The lowest BCUT2D eigenvalue weighted by atomic mass is 9.87. The molecule has 110 heavy (non-hydrogen) atoms. The first kappa shape index (κ1) is 81.3. The molecule has 5 aromatic heterocycles. The van der Waals surface area contributed by atoms with Crippen molar-refractivity contribution in [3.63, 3.8) is 0 Å². The molecule has 22 nitrogen and oxygen atoms in total. The van der Waals surface area contributed by atoms with Crippen LogP contribution in [0.2, 0.25) is 0 Å². The Labute approximate surface area is 650 Å².